The molecular weight excluding hydrogens is 375 g/mol. The van der Waals surface area contributed by atoms with E-state index >= 15 is 0 Å². The Labute approximate surface area is 127 Å². The predicted octanol–water partition coefficient (Wildman–Crippen LogP) is 4.08. The highest BCUT2D eigenvalue weighted by Gasteiger charge is 2.13. The molecule has 0 atom stereocenters. The van der Waals surface area contributed by atoms with Crippen LogP contribution in [-0.4, -0.2) is 15.2 Å². The minimum atomic E-state index is 0.213. The molecular formula is C13H9IN2O2S. The average molecular weight is 384 g/mol. The summed E-state index contributed by atoms with van der Waals surface area (Å²) in [6, 6.07) is 5.28. The van der Waals surface area contributed by atoms with E-state index in [1.807, 2.05) is 29.8 Å². The molecule has 0 saturated carbocycles. The molecule has 0 fully saturated rings. The number of hydrogen-bond donors (Lipinski definition) is 1. The smallest absolute Gasteiger partial charge is 0.258 e. The summed E-state index contributed by atoms with van der Waals surface area (Å²) in [5.74, 6) is 1.20. The van der Waals surface area contributed by atoms with Gasteiger partial charge in [-0.1, -0.05) is 5.16 Å². The fourth-order valence-electron chi connectivity index (χ4n) is 1.69. The molecule has 3 rings (SSSR count). The number of phenolic OH excluding ortho intramolecular Hbond substituents is 1. The quantitative estimate of drug-likeness (QED) is 0.677. The van der Waals surface area contributed by atoms with Crippen LogP contribution in [0.3, 0.4) is 0 Å². The topological polar surface area (TPSA) is 59.2 Å². The Morgan fingerprint density at radius 1 is 1.32 bits per heavy atom. The first-order valence-corrected chi connectivity index (χ1v) is 7.53. The third kappa shape index (κ3) is 2.37. The van der Waals surface area contributed by atoms with E-state index in [1.165, 1.54) is 0 Å². The zero-order valence-electron chi connectivity index (χ0n) is 9.92. The van der Waals surface area contributed by atoms with Crippen molar-refractivity contribution in [1.82, 2.24) is 10.1 Å². The molecule has 0 spiro atoms. The van der Waals surface area contributed by atoms with E-state index in [-0.39, 0.29) is 5.75 Å². The molecule has 0 amide bonds. The Morgan fingerprint density at radius 3 is 2.84 bits per heavy atom. The van der Waals surface area contributed by atoms with Crippen molar-refractivity contribution in [3.8, 4) is 28.6 Å². The fraction of sp³-hybridized carbons (Fsp3) is 0.0769. The Balaban J connectivity index is 2.01. The third-order valence-electron chi connectivity index (χ3n) is 2.72. The number of benzene rings is 1. The Hall–Kier alpha value is -1.41. The molecule has 2 heterocycles. The largest absolute Gasteiger partial charge is 0.507 e. The lowest BCUT2D eigenvalue weighted by molar-refractivity contribution is 0.431. The second-order valence-electron chi connectivity index (χ2n) is 4.06. The number of hydrogen-bond acceptors (Lipinski definition) is 5. The first-order valence-electron chi connectivity index (χ1n) is 5.51. The van der Waals surface area contributed by atoms with Gasteiger partial charge in [0.2, 0.25) is 5.82 Å². The van der Waals surface area contributed by atoms with E-state index in [0.29, 0.717) is 17.3 Å². The maximum Gasteiger partial charge on any atom is 0.258 e. The molecule has 0 saturated heterocycles. The summed E-state index contributed by atoms with van der Waals surface area (Å²) in [7, 11) is 0. The van der Waals surface area contributed by atoms with Crippen LogP contribution in [0.25, 0.3) is 22.8 Å². The van der Waals surface area contributed by atoms with Crippen LogP contribution in [0.15, 0.2) is 33.5 Å². The average Bonchev–Trinajstić information content (AvgIpc) is 3.01. The summed E-state index contributed by atoms with van der Waals surface area (Å²) < 4.78 is 6.04. The Morgan fingerprint density at radius 2 is 2.16 bits per heavy atom. The first kappa shape index (κ1) is 12.6. The van der Waals surface area contributed by atoms with Crippen molar-refractivity contribution >= 4 is 33.9 Å². The van der Waals surface area contributed by atoms with Crippen LogP contribution < -0.4 is 0 Å². The lowest BCUT2D eigenvalue weighted by Gasteiger charge is -1.98. The van der Waals surface area contributed by atoms with Crippen LogP contribution in [-0.2, 0) is 0 Å². The summed E-state index contributed by atoms with van der Waals surface area (Å²) in [5, 5.41) is 17.7. The van der Waals surface area contributed by atoms with Crippen LogP contribution in [0.4, 0.5) is 0 Å². The van der Waals surface area contributed by atoms with Crippen LogP contribution in [0.2, 0.25) is 0 Å². The van der Waals surface area contributed by atoms with E-state index in [4.69, 9.17) is 4.52 Å². The van der Waals surface area contributed by atoms with Gasteiger partial charge >= 0.3 is 0 Å². The Bertz CT molecular complexity index is 736. The van der Waals surface area contributed by atoms with Crippen LogP contribution >= 0.6 is 33.9 Å². The lowest BCUT2D eigenvalue weighted by Crippen LogP contribution is -1.82. The van der Waals surface area contributed by atoms with Crippen molar-refractivity contribution in [2.45, 2.75) is 6.92 Å². The van der Waals surface area contributed by atoms with Crippen molar-refractivity contribution in [3.05, 3.63) is 38.1 Å². The number of rotatable bonds is 2. The normalized spacial score (nSPS) is 10.8. The summed E-state index contributed by atoms with van der Waals surface area (Å²) >= 11 is 3.67. The van der Waals surface area contributed by atoms with Gasteiger partial charge in [0.05, 0.1) is 3.57 Å². The van der Waals surface area contributed by atoms with E-state index in [9.17, 15) is 5.11 Å². The third-order valence-corrected chi connectivity index (χ3v) is 4.49. The summed E-state index contributed by atoms with van der Waals surface area (Å²) in [4.78, 5) is 4.37. The van der Waals surface area contributed by atoms with Crippen LogP contribution in [0.1, 0.15) is 5.56 Å². The van der Waals surface area contributed by atoms with Gasteiger partial charge in [0.1, 0.15) is 5.75 Å². The number of thiophene rings is 1. The highest BCUT2D eigenvalue weighted by molar-refractivity contribution is 14.1. The molecule has 4 nitrogen and oxygen atoms in total. The number of nitrogens with zero attached hydrogens (tertiary/aromatic N) is 2. The molecule has 1 aromatic carbocycles. The second-order valence-corrected chi connectivity index (χ2v) is 5.96. The minimum absolute atomic E-state index is 0.213. The van der Waals surface area contributed by atoms with Gasteiger partial charge < -0.3 is 9.63 Å². The highest BCUT2D eigenvalue weighted by Crippen LogP contribution is 2.29. The van der Waals surface area contributed by atoms with E-state index < -0.39 is 0 Å². The predicted molar refractivity (Wildman–Crippen MR) is 82.2 cm³/mol. The number of aryl methyl sites for hydroxylation is 1. The van der Waals surface area contributed by atoms with Gasteiger partial charge in [-0.3, -0.25) is 0 Å². The maximum absolute atomic E-state index is 9.70. The van der Waals surface area contributed by atoms with Crippen molar-refractivity contribution in [1.29, 1.82) is 0 Å². The molecule has 6 heteroatoms. The van der Waals surface area contributed by atoms with Crippen LogP contribution in [0, 0.1) is 10.5 Å². The van der Waals surface area contributed by atoms with Crippen molar-refractivity contribution in [2.24, 2.45) is 0 Å². The van der Waals surface area contributed by atoms with Crippen molar-refractivity contribution < 1.29 is 9.63 Å². The molecule has 19 heavy (non-hydrogen) atoms. The zero-order chi connectivity index (χ0) is 13.4. The van der Waals surface area contributed by atoms with Gasteiger partial charge in [0.15, 0.2) is 0 Å². The monoisotopic (exact) mass is 384 g/mol. The molecule has 3 aromatic rings. The molecule has 96 valence electrons. The number of aromatic nitrogens is 2. The summed E-state index contributed by atoms with van der Waals surface area (Å²) in [6.45, 7) is 2.01. The maximum atomic E-state index is 9.70. The number of aromatic hydroxyl groups is 1. The van der Waals surface area contributed by atoms with Crippen LogP contribution in [0.5, 0.6) is 5.75 Å². The molecule has 0 aliphatic heterocycles. The van der Waals surface area contributed by atoms with E-state index in [1.54, 1.807) is 17.4 Å². The molecule has 0 bridgehead atoms. The van der Waals surface area contributed by atoms with E-state index in [0.717, 1.165) is 14.7 Å². The Kier molecular flexibility index (Phi) is 3.28. The minimum Gasteiger partial charge on any atom is -0.507 e. The zero-order valence-corrected chi connectivity index (χ0v) is 12.9. The van der Waals surface area contributed by atoms with E-state index in [2.05, 4.69) is 32.7 Å². The van der Waals surface area contributed by atoms with Crippen molar-refractivity contribution in [3.63, 3.8) is 0 Å². The lowest BCUT2D eigenvalue weighted by atomic mass is 10.2. The fourth-order valence-corrected chi connectivity index (χ4v) is 2.85. The van der Waals surface area contributed by atoms with Gasteiger partial charge in [0, 0.05) is 16.5 Å². The molecule has 0 aliphatic carbocycles. The highest BCUT2D eigenvalue weighted by atomic mass is 127. The summed E-state index contributed by atoms with van der Waals surface area (Å²) in [5.41, 5.74) is 2.82. The van der Waals surface area contributed by atoms with Crippen molar-refractivity contribution in [2.75, 3.05) is 0 Å². The van der Waals surface area contributed by atoms with Gasteiger partial charge in [0.25, 0.3) is 5.89 Å². The number of phenols is 1. The molecule has 0 radical (unpaired) electrons. The SMILES string of the molecule is Cc1cscc1-c1noc(-c2ccc(I)c(O)c2)n1. The first-order chi connectivity index (χ1) is 9.15. The number of halogens is 1. The van der Waals surface area contributed by atoms with Gasteiger partial charge in [-0.25, -0.2) is 0 Å². The molecule has 1 N–H and O–H groups in total. The summed E-state index contributed by atoms with van der Waals surface area (Å²) in [6.07, 6.45) is 0. The second kappa shape index (κ2) is 4.93. The van der Waals surface area contributed by atoms with Gasteiger partial charge in [-0.15, -0.1) is 0 Å². The standard InChI is InChI=1S/C13H9IN2O2S/c1-7-5-19-6-9(7)12-15-13(18-16-12)8-2-3-10(14)11(17)4-8/h2-6,17H,1H3. The van der Waals surface area contributed by atoms with Gasteiger partial charge in [-0.2, -0.15) is 16.3 Å². The molecule has 0 unspecified atom stereocenters. The molecule has 0 aliphatic rings. The van der Waals surface area contributed by atoms with Gasteiger partial charge in [-0.05, 0) is 58.7 Å². The molecule has 2 aromatic heterocycles.